The highest BCUT2D eigenvalue weighted by molar-refractivity contribution is 5.93. The number of amides is 1. The van der Waals surface area contributed by atoms with Crippen molar-refractivity contribution in [1.82, 2.24) is 29.4 Å². The predicted octanol–water partition coefficient (Wildman–Crippen LogP) is 2.05. The van der Waals surface area contributed by atoms with Gasteiger partial charge in [-0.1, -0.05) is 19.3 Å². The summed E-state index contributed by atoms with van der Waals surface area (Å²) in [5, 5.41) is 0. The lowest BCUT2D eigenvalue weighted by molar-refractivity contribution is 0.0737. The third-order valence-electron chi connectivity index (χ3n) is 6.19. The Balaban J connectivity index is 1.44. The molecular formula is C22H25N7O2. The van der Waals surface area contributed by atoms with Crippen molar-refractivity contribution in [3.8, 4) is 0 Å². The fraction of sp³-hybridized carbons (Fsp3) is 0.455. The Hall–Kier alpha value is -3.36. The largest absolute Gasteiger partial charge is 0.337 e. The average Bonchev–Trinajstić information content (AvgIpc) is 2.84. The van der Waals surface area contributed by atoms with Gasteiger partial charge >= 0.3 is 0 Å². The lowest BCUT2D eigenvalue weighted by atomic mass is 9.95. The van der Waals surface area contributed by atoms with Gasteiger partial charge < -0.3 is 9.80 Å². The maximum atomic E-state index is 13.4. The van der Waals surface area contributed by atoms with E-state index in [1.807, 2.05) is 11.0 Å². The maximum absolute atomic E-state index is 13.4. The Morgan fingerprint density at radius 2 is 1.61 bits per heavy atom. The number of rotatable bonds is 3. The van der Waals surface area contributed by atoms with Crippen LogP contribution in [-0.2, 0) is 0 Å². The minimum absolute atomic E-state index is 0.00418. The van der Waals surface area contributed by atoms with E-state index in [0.717, 1.165) is 25.7 Å². The molecule has 2 fully saturated rings. The van der Waals surface area contributed by atoms with Gasteiger partial charge in [0.1, 0.15) is 5.52 Å². The van der Waals surface area contributed by atoms with Crippen LogP contribution in [0.25, 0.3) is 11.2 Å². The van der Waals surface area contributed by atoms with Gasteiger partial charge in [-0.3, -0.25) is 14.2 Å². The van der Waals surface area contributed by atoms with Crippen LogP contribution in [0, 0.1) is 0 Å². The molecule has 3 aromatic heterocycles. The fourth-order valence-corrected chi connectivity index (χ4v) is 4.57. The van der Waals surface area contributed by atoms with Crippen molar-refractivity contribution in [3.05, 3.63) is 52.8 Å². The number of hydrogen-bond donors (Lipinski definition) is 0. The SMILES string of the molecule is O=C(c1nc2cccnc2n(C2CCCCC2)c1=O)N1CCN(c2ncccn2)CC1. The molecule has 1 aliphatic carbocycles. The number of piperazine rings is 1. The third kappa shape index (κ3) is 3.75. The van der Waals surface area contributed by atoms with Crippen molar-refractivity contribution < 1.29 is 4.79 Å². The summed E-state index contributed by atoms with van der Waals surface area (Å²) in [6.07, 6.45) is 10.3. The lowest BCUT2D eigenvalue weighted by Crippen LogP contribution is -2.50. The van der Waals surface area contributed by atoms with E-state index in [1.54, 1.807) is 40.2 Å². The van der Waals surface area contributed by atoms with Gasteiger partial charge in [0.2, 0.25) is 5.95 Å². The first-order chi connectivity index (χ1) is 15.2. The first-order valence-corrected chi connectivity index (χ1v) is 10.9. The Morgan fingerprint density at radius 3 is 2.35 bits per heavy atom. The van der Waals surface area contributed by atoms with Crippen LogP contribution < -0.4 is 10.5 Å². The maximum Gasteiger partial charge on any atom is 0.284 e. The summed E-state index contributed by atoms with van der Waals surface area (Å²) < 4.78 is 1.72. The van der Waals surface area contributed by atoms with Crippen molar-refractivity contribution in [2.75, 3.05) is 31.1 Å². The quantitative estimate of drug-likeness (QED) is 0.641. The standard InChI is InChI=1S/C22H25N7O2/c30-20(27-12-14-28(15-13-27)22-24-10-5-11-25-22)18-21(31)29(16-6-2-1-3-7-16)19-17(26-18)8-4-9-23-19/h4-5,8-11,16H,1-3,6-7,12-15H2. The van der Waals surface area contributed by atoms with Crippen LogP contribution in [0.15, 0.2) is 41.6 Å². The molecule has 9 heteroatoms. The average molecular weight is 419 g/mol. The van der Waals surface area contributed by atoms with Crippen molar-refractivity contribution in [3.63, 3.8) is 0 Å². The van der Waals surface area contributed by atoms with Gasteiger partial charge in [-0.05, 0) is 31.0 Å². The second-order valence-corrected chi connectivity index (χ2v) is 8.10. The summed E-state index contributed by atoms with van der Waals surface area (Å²) in [5.74, 6) is 0.345. The van der Waals surface area contributed by atoms with E-state index in [2.05, 4.69) is 19.9 Å². The number of carbonyl (C=O) groups is 1. The zero-order valence-corrected chi connectivity index (χ0v) is 17.4. The molecule has 0 N–H and O–H groups in total. The van der Waals surface area contributed by atoms with E-state index < -0.39 is 0 Å². The first-order valence-electron chi connectivity index (χ1n) is 10.9. The summed E-state index contributed by atoms with van der Waals surface area (Å²) in [6.45, 7) is 2.21. The van der Waals surface area contributed by atoms with Crippen LogP contribution in [-0.4, -0.2) is 61.5 Å². The molecule has 3 aromatic rings. The molecule has 4 heterocycles. The zero-order chi connectivity index (χ0) is 21.2. The van der Waals surface area contributed by atoms with Gasteiger partial charge in [0, 0.05) is 50.8 Å². The van der Waals surface area contributed by atoms with E-state index in [9.17, 15) is 9.59 Å². The Morgan fingerprint density at radius 1 is 0.903 bits per heavy atom. The molecule has 1 saturated carbocycles. The number of nitrogens with zero attached hydrogens (tertiary/aromatic N) is 7. The highest BCUT2D eigenvalue weighted by atomic mass is 16.2. The molecule has 0 bridgehead atoms. The molecule has 31 heavy (non-hydrogen) atoms. The number of anilines is 1. The summed E-state index contributed by atoms with van der Waals surface area (Å²) >= 11 is 0. The van der Waals surface area contributed by atoms with Crippen LogP contribution in [0.3, 0.4) is 0 Å². The topological polar surface area (TPSA) is 97.1 Å². The highest BCUT2D eigenvalue weighted by Gasteiger charge is 2.29. The van der Waals surface area contributed by atoms with Gasteiger partial charge in [-0.2, -0.15) is 0 Å². The highest BCUT2D eigenvalue weighted by Crippen LogP contribution is 2.28. The number of fused-ring (bicyclic) bond motifs is 1. The molecular weight excluding hydrogens is 394 g/mol. The number of pyridine rings is 1. The minimum atomic E-state index is -0.322. The molecule has 0 unspecified atom stereocenters. The molecule has 2 aliphatic rings. The molecule has 0 spiro atoms. The molecule has 5 rings (SSSR count). The number of aromatic nitrogens is 5. The second kappa shape index (κ2) is 8.41. The van der Waals surface area contributed by atoms with E-state index >= 15 is 0 Å². The fourth-order valence-electron chi connectivity index (χ4n) is 4.57. The van der Waals surface area contributed by atoms with E-state index in [4.69, 9.17) is 0 Å². The molecule has 160 valence electrons. The zero-order valence-electron chi connectivity index (χ0n) is 17.4. The molecule has 0 radical (unpaired) electrons. The third-order valence-corrected chi connectivity index (χ3v) is 6.19. The molecule has 1 amide bonds. The Bertz CT molecular complexity index is 1130. The van der Waals surface area contributed by atoms with Gasteiger partial charge in [0.25, 0.3) is 11.5 Å². The molecule has 1 aliphatic heterocycles. The smallest absolute Gasteiger partial charge is 0.284 e. The van der Waals surface area contributed by atoms with E-state index in [0.29, 0.717) is 43.3 Å². The van der Waals surface area contributed by atoms with Crippen LogP contribution in [0.1, 0.15) is 48.6 Å². The monoisotopic (exact) mass is 419 g/mol. The summed E-state index contributed by atoms with van der Waals surface area (Å²) in [6, 6.07) is 5.46. The van der Waals surface area contributed by atoms with Gasteiger partial charge in [0.05, 0.1) is 0 Å². The summed E-state index contributed by atoms with van der Waals surface area (Å²) in [4.78, 5) is 48.0. The lowest BCUT2D eigenvalue weighted by Gasteiger charge is -2.34. The van der Waals surface area contributed by atoms with Crippen LogP contribution >= 0.6 is 0 Å². The van der Waals surface area contributed by atoms with Crippen LogP contribution in [0.5, 0.6) is 0 Å². The van der Waals surface area contributed by atoms with Gasteiger partial charge in [-0.25, -0.2) is 19.9 Å². The normalized spacial score (nSPS) is 17.8. The van der Waals surface area contributed by atoms with E-state index in [1.165, 1.54) is 6.42 Å². The molecule has 1 saturated heterocycles. The van der Waals surface area contributed by atoms with Crippen molar-refractivity contribution in [2.24, 2.45) is 0 Å². The summed E-state index contributed by atoms with van der Waals surface area (Å²) in [7, 11) is 0. The second-order valence-electron chi connectivity index (χ2n) is 8.10. The Labute approximate surface area is 179 Å². The molecule has 0 aromatic carbocycles. The predicted molar refractivity (Wildman–Crippen MR) is 116 cm³/mol. The first kappa shape index (κ1) is 19.6. The van der Waals surface area contributed by atoms with E-state index in [-0.39, 0.29) is 23.2 Å². The minimum Gasteiger partial charge on any atom is -0.337 e. The van der Waals surface area contributed by atoms with Crippen molar-refractivity contribution >= 4 is 23.0 Å². The summed E-state index contributed by atoms with van der Waals surface area (Å²) in [5.41, 5.74) is 0.835. The molecule has 9 nitrogen and oxygen atoms in total. The van der Waals surface area contributed by atoms with Crippen LogP contribution in [0.2, 0.25) is 0 Å². The van der Waals surface area contributed by atoms with Gasteiger partial charge in [0.15, 0.2) is 11.3 Å². The Kier molecular flexibility index (Phi) is 5.31. The van der Waals surface area contributed by atoms with Crippen molar-refractivity contribution in [1.29, 1.82) is 0 Å². The van der Waals surface area contributed by atoms with Gasteiger partial charge in [-0.15, -0.1) is 0 Å². The van der Waals surface area contributed by atoms with Crippen molar-refractivity contribution in [2.45, 2.75) is 38.1 Å². The van der Waals surface area contributed by atoms with Crippen LogP contribution in [0.4, 0.5) is 5.95 Å². The number of carbonyl (C=O) groups excluding carboxylic acids is 1. The number of hydrogen-bond acceptors (Lipinski definition) is 7. The molecule has 0 atom stereocenters.